The van der Waals surface area contributed by atoms with Crippen molar-refractivity contribution < 1.29 is 4.52 Å². The number of hydrogen-bond acceptors (Lipinski definition) is 8. The van der Waals surface area contributed by atoms with Crippen molar-refractivity contribution in [1.82, 2.24) is 35.3 Å². The minimum atomic E-state index is 0.600. The molecule has 4 aromatic heterocycles. The van der Waals surface area contributed by atoms with Gasteiger partial charge in [-0.3, -0.25) is 15.1 Å². The first-order chi connectivity index (χ1) is 14.0. The average molecular weight is 390 g/mol. The van der Waals surface area contributed by atoms with Crippen molar-refractivity contribution in [2.45, 2.75) is 27.2 Å². The highest BCUT2D eigenvalue weighted by atomic mass is 16.5. The fourth-order valence-electron chi connectivity index (χ4n) is 2.91. The van der Waals surface area contributed by atoms with Gasteiger partial charge in [0.25, 0.3) is 0 Å². The molecule has 0 fully saturated rings. The Morgan fingerprint density at radius 1 is 1.03 bits per heavy atom. The lowest BCUT2D eigenvalue weighted by Crippen LogP contribution is -2.22. The second-order valence-electron chi connectivity index (χ2n) is 6.98. The van der Waals surface area contributed by atoms with Gasteiger partial charge in [-0.25, -0.2) is 9.97 Å². The molecule has 0 bridgehead atoms. The average Bonchev–Trinajstić information content (AvgIpc) is 3.37. The Labute approximate surface area is 168 Å². The molecule has 0 aliphatic heterocycles. The van der Waals surface area contributed by atoms with E-state index in [9.17, 15) is 0 Å². The molecule has 0 amide bonds. The number of aromatic nitrogens is 7. The maximum Gasteiger partial charge on any atom is 0.225 e. The summed E-state index contributed by atoms with van der Waals surface area (Å²) in [6, 6.07) is 0. The molecule has 148 valence electrons. The summed E-state index contributed by atoms with van der Waals surface area (Å²) < 4.78 is 5.56. The molecule has 1 N–H and O–H groups in total. The lowest BCUT2D eigenvalue weighted by molar-refractivity contribution is 0.426. The van der Waals surface area contributed by atoms with Crippen LogP contribution in [-0.4, -0.2) is 48.9 Å². The maximum absolute atomic E-state index is 5.56. The maximum atomic E-state index is 5.56. The predicted octanol–water partition coefficient (Wildman–Crippen LogP) is 2.92. The Morgan fingerprint density at radius 3 is 2.55 bits per heavy atom. The first-order valence-electron chi connectivity index (χ1n) is 9.31. The van der Waals surface area contributed by atoms with Crippen LogP contribution >= 0.6 is 0 Å². The lowest BCUT2D eigenvalue weighted by atomic mass is 10.1. The third-order valence-corrected chi connectivity index (χ3v) is 4.83. The Kier molecular flexibility index (Phi) is 5.03. The number of nitrogens with zero attached hydrogens (tertiary/aromatic N) is 7. The van der Waals surface area contributed by atoms with Crippen LogP contribution in [-0.2, 0) is 6.42 Å². The summed E-state index contributed by atoms with van der Waals surface area (Å²) in [6.45, 7) is 6.53. The van der Waals surface area contributed by atoms with Crippen LogP contribution in [0.5, 0.6) is 0 Å². The van der Waals surface area contributed by atoms with Gasteiger partial charge < -0.3 is 9.42 Å². The fourth-order valence-corrected chi connectivity index (χ4v) is 2.91. The number of nitrogens with one attached hydrogen (secondary N) is 1. The molecule has 0 unspecified atom stereocenters. The van der Waals surface area contributed by atoms with E-state index in [-0.39, 0.29) is 0 Å². The van der Waals surface area contributed by atoms with Crippen LogP contribution in [0, 0.1) is 20.8 Å². The fraction of sp³-hybridized carbons (Fsp3) is 0.300. The van der Waals surface area contributed by atoms with Gasteiger partial charge in [0.1, 0.15) is 11.4 Å². The van der Waals surface area contributed by atoms with Crippen molar-refractivity contribution in [3.05, 3.63) is 53.5 Å². The van der Waals surface area contributed by atoms with E-state index in [1.807, 2.05) is 45.1 Å². The predicted molar refractivity (Wildman–Crippen MR) is 108 cm³/mol. The Morgan fingerprint density at radius 2 is 1.90 bits per heavy atom. The van der Waals surface area contributed by atoms with Gasteiger partial charge in [0.15, 0.2) is 5.76 Å². The summed E-state index contributed by atoms with van der Waals surface area (Å²) in [5.74, 6) is 1.25. The van der Waals surface area contributed by atoms with Crippen LogP contribution < -0.4 is 4.90 Å². The zero-order chi connectivity index (χ0) is 20.4. The molecule has 0 saturated heterocycles. The van der Waals surface area contributed by atoms with E-state index in [2.05, 4.69) is 30.3 Å². The molecule has 29 heavy (non-hydrogen) atoms. The van der Waals surface area contributed by atoms with Crippen LogP contribution in [0.2, 0.25) is 0 Å². The highest BCUT2D eigenvalue weighted by Crippen LogP contribution is 2.33. The normalized spacial score (nSPS) is 11.0. The molecular weight excluding hydrogens is 368 g/mol. The Hall–Kier alpha value is -3.62. The van der Waals surface area contributed by atoms with Crippen molar-refractivity contribution in [3.63, 3.8) is 0 Å². The minimum Gasteiger partial charge on any atom is -0.356 e. The molecule has 0 spiro atoms. The molecule has 0 saturated carbocycles. The van der Waals surface area contributed by atoms with E-state index >= 15 is 0 Å². The van der Waals surface area contributed by atoms with Gasteiger partial charge in [-0.1, -0.05) is 5.16 Å². The summed E-state index contributed by atoms with van der Waals surface area (Å²) in [7, 11) is 1.96. The number of rotatable bonds is 6. The summed E-state index contributed by atoms with van der Waals surface area (Å²) in [6.07, 6.45) is 9.75. The third-order valence-electron chi connectivity index (χ3n) is 4.83. The van der Waals surface area contributed by atoms with Crippen molar-refractivity contribution in [3.8, 4) is 22.7 Å². The molecule has 4 rings (SSSR count). The van der Waals surface area contributed by atoms with Crippen molar-refractivity contribution in [2.24, 2.45) is 0 Å². The van der Waals surface area contributed by atoms with Gasteiger partial charge in [-0.2, -0.15) is 5.10 Å². The highest BCUT2D eigenvalue weighted by molar-refractivity contribution is 5.78. The first-order valence-corrected chi connectivity index (χ1v) is 9.31. The van der Waals surface area contributed by atoms with Gasteiger partial charge in [0.05, 0.1) is 29.3 Å². The number of aromatic amines is 1. The molecule has 4 heterocycles. The van der Waals surface area contributed by atoms with E-state index in [1.54, 1.807) is 18.6 Å². The number of aryl methyl sites for hydroxylation is 2. The molecule has 9 heteroatoms. The number of likely N-dealkylation sites (N-methyl/N-ethyl adjacent to an activating group) is 1. The molecule has 0 aliphatic rings. The van der Waals surface area contributed by atoms with Crippen molar-refractivity contribution >= 4 is 5.95 Å². The summed E-state index contributed by atoms with van der Waals surface area (Å²) >= 11 is 0. The van der Waals surface area contributed by atoms with Crippen molar-refractivity contribution in [2.75, 3.05) is 18.5 Å². The van der Waals surface area contributed by atoms with E-state index in [1.165, 1.54) is 0 Å². The molecule has 9 nitrogen and oxygen atoms in total. The van der Waals surface area contributed by atoms with Gasteiger partial charge in [-0.15, -0.1) is 0 Å². The number of hydrogen-bond donors (Lipinski definition) is 1. The van der Waals surface area contributed by atoms with Crippen LogP contribution in [0.15, 0.2) is 35.5 Å². The Bertz CT molecular complexity index is 1100. The van der Waals surface area contributed by atoms with Gasteiger partial charge in [-0.05, 0) is 32.8 Å². The van der Waals surface area contributed by atoms with E-state index in [0.717, 1.165) is 41.0 Å². The molecular formula is C20H22N8O. The van der Waals surface area contributed by atoms with Gasteiger partial charge in [0.2, 0.25) is 5.95 Å². The topological polar surface area (TPSA) is 110 Å². The molecule has 0 atom stereocenters. The molecule has 0 aromatic carbocycles. The molecule has 4 aromatic rings. The van der Waals surface area contributed by atoms with Gasteiger partial charge in [0, 0.05) is 37.7 Å². The second kappa shape index (κ2) is 7.78. The smallest absolute Gasteiger partial charge is 0.225 e. The zero-order valence-corrected chi connectivity index (χ0v) is 16.8. The SMILES string of the molecule is Cc1cnc(-c2nc(N(C)CCc3cn[nH]c3)ncc2-c2onc(C)c2C)cn1. The van der Waals surface area contributed by atoms with Crippen LogP contribution in [0.1, 0.15) is 22.5 Å². The van der Waals surface area contributed by atoms with Crippen molar-refractivity contribution in [1.29, 1.82) is 0 Å². The van der Waals surface area contributed by atoms with Crippen LogP contribution in [0.3, 0.4) is 0 Å². The zero-order valence-electron chi connectivity index (χ0n) is 16.8. The number of H-pyrrole nitrogens is 1. The van der Waals surface area contributed by atoms with Crippen LogP contribution in [0.4, 0.5) is 5.95 Å². The molecule has 0 aliphatic carbocycles. The van der Waals surface area contributed by atoms with E-state index in [4.69, 9.17) is 9.51 Å². The summed E-state index contributed by atoms with van der Waals surface area (Å²) in [5, 5.41) is 10.9. The quantitative estimate of drug-likeness (QED) is 0.535. The Balaban J connectivity index is 1.72. The second-order valence-corrected chi connectivity index (χ2v) is 6.98. The number of anilines is 1. The summed E-state index contributed by atoms with van der Waals surface area (Å²) in [4.78, 5) is 20.2. The van der Waals surface area contributed by atoms with Gasteiger partial charge >= 0.3 is 0 Å². The summed E-state index contributed by atoms with van der Waals surface area (Å²) in [5.41, 5.74) is 5.83. The van der Waals surface area contributed by atoms with Crippen LogP contribution in [0.25, 0.3) is 22.7 Å². The first kappa shape index (κ1) is 18.7. The minimum absolute atomic E-state index is 0.600. The standard InChI is InChI=1S/C20H22N8O/c1-12-7-22-17(11-21-12)18-16(19-13(2)14(3)27-29-19)10-23-20(26-18)28(4)6-5-15-8-24-25-9-15/h7-11H,5-6H2,1-4H3,(H,24,25). The van der Waals surface area contributed by atoms with E-state index in [0.29, 0.717) is 23.1 Å². The largest absolute Gasteiger partial charge is 0.356 e. The third kappa shape index (κ3) is 3.84. The highest BCUT2D eigenvalue weighted by Gasteiger charge is 2.20. The van der Waals surface area contributed by atoms with E-state index < -0.39 is 0 Å². The molecule has 0 radical (unpaired) electrons. The lowest BCUT2D eigenvalue weighted by Gasteiger charge is -2.18. The monoisotopic (exact) mass is 390 g/mol.